The third-order valence-electron chi connectivity index (χ3n) is 13.0. The number of aryl methyl sites for hydroxylation is 1. The third-order valence-corrected chi connectivity index (χ3v) is 19.1. The number of carbonyl (C=O) groups excluding carboxylic acids is 2. The van der Waals surface area contributed by atoms with E-state index in [1.807, 2.05) is 10.8 Å². The first kappa shape index (κ1) is 41.7. The van der Waals surface area contributed by atoms with Crippen LogP contribution in [0.15, 0.2) is 48.6 Å². The second-order valence-electron chi connectivity index (χ2n) is 17.9. The zero-order valence-corrected chi connectivity index (χ0v) is 36.2. The Labute approximate surface area is 333 Å². The van der Waals surface area contributed by atoms with Crippen LogP contribution in [0.5, 0.6) is 5.75 Å². The minimum absolute atomic E-state index is 0.0258. The number of aliphatic hydroxyl groups is 1. The molecule has 0 radical (unpaired) electrons. The highest BCUT2D eigenvalue weighted by Gasteiger charge is 2.48. The molecule has 2 bridgehead atoms. The van der Waals surface area contributed by atoms with Gasteiger partial charge in [-0.1, -0.05) is 56.7 Å². The summed E-state index contributed by atoms with van der Waals surface area (Å²) in [6.45, 7) is 13.4. The Kier molecular flexibility index (Phi) is 11.7. The molecular weight excluding hydrogens is 756 g/mol. The van der Waals surface area contributed by atoms with Crippen LogP contribution in [0.25, 0.3) is 0 Å². The van der Waals surface area contributed by atoms with Crippen LogP contribution in [-0.2, 0) is 41.7 Å². The predicted molar refractivity (Wildman–Crippen MR) is 219 cm³/mol. The van der Waals surface area contributed by atoms with Gasteiger partial charge in [0.25, 0.3) is 5.91 Å². The first-order chi connectivity index (χ1) is 25.7. The van der Waals surface area contributed by atoms with E-state index in [1.165, 1.54) is 30.1 Å². The third kappa shape index (κ3) is 8.38. The fourth-order valence-corrected chi connectivity index (χ4v) is 10.3. The summed E-state index contributed by atoms with van der Waals surface area (Å²) in [5, 5.41) is 13.1. The van der Waals surface area contributed by atoms with Crippen LogP contribution in [0.3, 0.4) is 0 Å². The average Bonchev–Trinajstić information content (AvgIpc) is 3.23. The van der Waals surface area contributed by atoms with Crippen LogP contribution >= 0.6 is 11.6 Å². The van der Waals surface area contributed by atoms with Crippen LogP contribution in [0.1, 0.15) is 76.0 Å². The number of anilines is 1. The highest BCUT2D eigenvalue weighted by Crippen LogP contribution is 2.49. The highest BCUT2D eigenvalue weighted by molar-refractivity contribution is 7.87. The number of rotatable bonds is 5. The lowest BCUT2D eigenvalue weighted by molar-refractivity contribution is -0.148. The van der Waals surface area contributed by atoms with Gasteiger partial charge in [0.15, 0.2) is 13.9 Å². The van der Waals surface area contributed by atoms with Gasteiger partial charge in [-0.3, -0.25) is 9.59 Å². The van der Waals surface area contributed by atoms with E-state index in [0.29, 0.717) is 49.1 Å². The molecule has 0 saturated heterocycles. The van der Waals surface area contributed by atoms with E-state index in [4.69, 9.17) is 20.8 Å². The molecule has 2 amide bonds. The molecule has 1 spiro atoms. The van der Waals surface area contributed by atoms with Crippen molar-refractivity contribution in [3.05, 3.63) is 70.3 Å². The quantitative estimate of drug-likeness (QED) is 0.272. The molecular formula is C41H59ClN4O7SSi. The average molecular weight is 816 g/mol. The summed E-state index contributed by atoms with van der Waals surface area (Å²) in [5.74, 6) is -0.568. The maximum Gasteiger partial charge on any atom is 0.303 e. The molecule has 11 nitrogen and oxygen atoms in total. The summed E-state index contributed by atoms with van der Waals surface area (Å²) in [5.41, 5.74) is 0.355. The number of halogens is 1. The van der Waals surface area contributed by atoms with E-state index in [9.17, 15) is 23.1 Å². The molecule has 2 aliphatic carbocycles. The van der Waals surface area contributed by atoms with Gasteiger partial charge in [-0.15, -0.1) is 0 Å². The molecule has 0 unspecified atom stereocenters. The van der Waals surface area contributed by atoms with Gasteiger partial charge in [0.05, 0.1) is 24.8 Å². The molecule has 2 N–H and O–H groups in total. The number of hydrogen-bond donors (Lipinski definition) is 2. The van der Waals surface area contributed by atoms with E-state index in [-0.39, 0.29) is 34.0 Å². The molecule has 0 aromatic heterocycles. The lowest BCUT2D eigenvalue weighted by atomic mass is 9.68. The van der Waals surface area contributed by atoms with Crippen LogP contribution in [0, 0.1) is 11.8 Å². The standard InChI is InChI=1S/C41H59ClN4O7SSi/c1-39(2,3)55(7,8)53-35-13-9-10-21-45(6)37(47)24-41(49,38(48)43-54(50,51)44(4)5)30-15-19-36-34(23-30)46(25-29-14-17-32(29)35)26-40(27-52-36)20-11-12-28-22-31(42)16-18-33(28)40/h9,13,15-16,18-19,22-23,29,32,35,49H,10-12,14,17,20-21,24-27H2,1-8H3,(H,43,48)/b13-9-/t29-,32+,35-,40-,41+/m0/s1. The predicted octanol–water partition coefficient (Wildman–Crippen LogP) is 6.15. The molecule has 5 atom stereocenters. The van der Waals surface area contributed by atoms with Crippen molar-refractivity contribution in [3.8, 4) is 5.75 Å². The smallest absolute Gasteiger partial charge is 0.303 e. The largest absolute Gasteiger partial charge is 0.490 e. The monoisotopic (exact) mass is 814 g/mol. The van der Waals surface area contributed by atoms with Crippen molar-refractivity contribution in [1.29, 1.82) is 0 Å². The summed E-state index contributed by atoms with van der Waals surface area (Å²) >= 11 is 6.50. The molecule has 302 valence electrons. The Morgan fingerprint density at radius 2 is 1.89 bits per heavy atom. The first-order valence-corrected chi connectivity index (χ1v) is 24.3. The zero-order chi connectivity index (χ0) is 40.1. The number of ether oxygens (including phenoxy) is 1. The Bertz CT molecular complexity index is 1930. The van der Waals surface area contributed by atoms with Gasteiger partial charge in [0, 0.05) is 51.2 Å². The van der Waals surface area contributed by atoms with E-state index in [1.54, 1.807) is 25.2 Å². The van der Waals surface area contributed by atoms with Crippen molar-refractivity contribution in [2.75, 3.05) is 52.3 Å². The number of hydrogen-bond acceptors (Lipinski definition) is 8. The van der Waals surface area contributed by atoms with Gasteiger partial charge in [0.1, 0.15) is 5.75 Å². The summed E-state index contributed by atoms with van der Waals surface area (Å²) in [6.07, 6.45) is 8.93. The SMILES string of the molecule is CN1CC/C=C\[C@H](O[Si](C)(C)C(C)(C)C)[C@@H]2CC[C@H]2CN2C[C@@]3(CCCc4cc(Cl)ccc43)COc3ccc(cc32)[C@@](O)(C(=O)NS(=O)(=O)N(C)C)CC1=O. The molecule has 1 fully saturated rings. The second-order valence-corrected chi connectivity index (χ2v) is 25.0. The minimum atomic E-state index is -4.29. The van der Waals surface area contributed by atoms with Gasteiger partial charge in [-0.2, -0.15) is 12.7 Å². The normalized spacial score (nSPS) is 28.4. The Morgan fingerprint density at radius 3 is 2.56 bits per heavy atom. The van der Waals surface area contributed by atoms with E-state index in [2.05, 4.69) is 63.0 Å². The number of nitrogens with zero attached hydrogens (tertiary/aromatic N) is 3. The number of fused-ring (bicyclic) bond motifs is 4. The van der Waals surface area contributed by atoms with Gasteiger partial charge in [-0.25, -0.2) is 4.72 Å². The van der Waals surface area contributed by atoms with Crippen molar-refractivity contribution in [2.45, 2.75) is 101 Å². The molecule has 2 heterocycles. The van der Waals surface area contributed by atoms with E-state index >= 15 is 0 Å². The molecule has 14 heteroatoms. The minimum Gasteiger partial charge on any atom is -0.490 e. The van der Waals surface area contributed by atoms with E-state index < -0.39 is 42.4 Å². The summed E-state index contributed by atoms with van der Waals surface area (Å²) in [6, 6.07) is 11.2. The molecule has 55 heavy (non-hydrogen) atoms. The van der Waals surface area contributed by atoms with Gasteiger partial charge < -0.3 is 24.1 Å². The van der Waals surface area contributed by atoms with E-state index in [0.717, 1.165) is 36.4 Å². The number of nitrogens with one attached hydrogen (secondary N) is 1. The fourth-order valence-electron chi connectivity index (χ4n) is 8.28. The molecule has 2 aliphatic heterocycles. The Hall–Kier alpha value is -2.94. The van der Waals surface area contributed by atoms with Crippen LogP contribution in [-0.4, -0.2) is 96.3 Å². The maximum atomic E-state index is 14.0. The molecule has 6 rings (SSSR count). The number of benzene rings is 2. The van der Waals surface area contributed by atoms with Crippen LogP contribution in [0.4, 0.5) is 5.69 Å². The Balaban J connectivity index is 1.48. The number of carbonyl (C=O) groups is 2. The lowest BCUT2D eigenvalue weighted by Gasteiger charge is -2.48. The van der Waals surface area contributed by atoms with Crippen molar-refractivity contribution in [2.24, 2.45) is 11.8 Å². The lowest BCUT2D eigenvalue weighted by Crippen LogP contribution is -2.52. The first-order valence-electron chi connectivity index (χ1n) is 19.5. The topological polar surface area (TPSA) is 129 Å². The van der Waals surface area contributed by atoms with Crippen LogP contribution < -0.4 is 14.4 Å². The summed E-state index contributed by atoms with van der Waals surface area (Å²) < 4.78 is 42.5. The molecule has 4 aliphatic rings. The Morgan fingerprint density at radius 1 is 1.15 bits per heavy atom. The zero-order valence-electron chi connectivity index (χ0n) is 33.7. The molecule has 2 aromatic carbocycles. The van der Waals surface area contributed by atoms with Crippen molar-refractivity contribution in [1.82, 2.24) is 13.9 Å². The van der Waals surface area contributed by atoms with Crippen molar-refractivity contribution < 1.29 is 32.3 Å². The molecule has 2 aromatic rings. The number of amides is 2. The maximum absolute atomic E-state index is 14.0. The van der Waals surface area contributed by atoms with Crippen molar-refractivity contribution in [3.63, 3.8) is 0 Å². The van der Waals surface area contributed by atoms with Gasteiger partial charge >= 0.3 is 10.2 Å². The molecule has 1 saturated carbocycles. The van der Waals surface area contributed by atoms with Crippen LogP contribution in [0.2, 0.25) is 23.2 Å². The second kappa shape index (κ2) is 15.4. The summed E-state index contributed by atoms with van der Waals surface area (Å²) in [7, 11) is -2.26. The summed E-state index contributed by atoms with van der Waals surface area (Å²) in [4.78, 5) is 31.6. The van der Waals surface area contributed by atoms with Crippen molar-refractivity contribution >= 4 is 47.6 Å². The van der Waals surface area contributed by atoms with Gasteiger partial charge in [-0.05, 0) is 109 Å². The fraction of sp³-hybridized carbons (Fsp3) is 0.610. The highest BCUT2D eigenvalue weighted by atomic mass is 35.5. The van der Waals surface area contributed by atoms with Gasteiger partial charge in [0.2, 0.25) is 5.91 Å².